The first kappa shape index (κ1) is 9.66. The Morgan fingerprint density at radius 2 is 2.33 bits per heavy atom. The molecule has 3 N–H and O–H groups in total. The van der Waals surface area contributed by atoms with E-state index >= 15 is 0 Å². The summed E-state index contributed by atoms with van der Waals surface area (Å²) >= 11 is 0.797. The quantitative estimate of drug-likeness (QED) is 0.576. The highest BCUT2D eigenvalue weighted by atomic mass is 32.1. The molecule has 0 aliphatic carbocycles. The molecular formula is C8H5FN2O3S. The molecule has 0 aliphatic heterocycles. The summed E-state index contributed by atoms with van der Waals surface area (Å²) in [5, 5.41) is 8.21. The van der Waals surface area contributed by atoms with Crippen molar-refractivity contribution in [2.75, 3.05) is 5.73 Å². The number of hydrogen-bond donors (Lipinski definition) is 2. The number of halogens is 1. The van der Waals surface area contributed by atoms with Gasteiger partial charge in [0.25, 0.3) is 5.19 Å². The Labute approximate surface area is 86.9 Å². The van der Waals surface area contributed by atoms with Gasteiger partial charge in [0, 0.05) is 0 Å². The second-order valence-corrected chi connectivity index (χ2v) is 3.62. The maximum Gasteiger partial charge on any atom is 0.513 e. The van der Waals surface area contributed by atoms with Crippen LogP contribution in [0.3, 0.4) is 0 Å². The van der Waals surface area contributed by atoms with E-state index in [9.17, 15) is 9.18 Å². The number of nitrogens with two attached hydrogens (primary N) is 1. The number of nitrogens with zero attached hydrogens (tertiary/aromatic N) is 1. The predicted octanol–water partition coefficient (Wildman–Crippen LogP) is 2.07. The van der Waals surface area contributed by atoms with Crippen LogP contribution in [0.4, 0.5) is 14.9 Å². The van der Waals surface area contributed by atoms with Crippen LogP contribution >= 0.6 is 11.3 Å². The molecule has 0 aliphatic rings. The van der Waals surface area contributed by atoms with Crippen LogP contribution in [0.25, 0.3) is 10.2 Å². The summed E-state index contributed by atoms with van der Waals surface area (Å²) in [6.45, 7) is 0. The SMILES string of the molecule is Nc1ccc(F)c2sc(OC(=O)O)nc12. The molecule has 2 rings (SSSR count). The number of carbonyl (C=O) groups is 1. The Morgan fingerprint density at radius 3 is 2.93 bits per heavy atom. The molecular weight excluding hydrogens is 223 g/mol. The minimum atomic E-state index is -1.49. The number of rotatable bonds is 1. The minimum absolute atomic E-state index is 0.144. The highest BCUT2D eigenvalue weighted by Crippen LogP contribution is 2.33. The van der Waals surface area contributed by atoms with E-state index in [-0.39, 0.29) is 21.1 Å². The van der Waals surface area contributed by atoms with Crippen molar-refractivity contribution in [3.63, 3.8) is 0 Å². The van der Waals surface area contributed by atoms with Gasteiger partial charge in [-0.05, 0) is 12.1 Å². The smallest absolute Gasteiger partial charge is 0.449 e. The molecule has 0 saturated carbocycles. The van der Waals surface area contributed by atoms with Gasteiger partial charge in [0.15, 0.2) is 0 Å². The fourth-order valence-electron chi connectivity index (χ4n) is 1.09. The second-order valence-electron chi connectivity index (χ2n) is 2.66. The molecule has 78 valence electrons. The molecule has 0 fully saturated rings. The largest absolute Gasteiger partial charge is 0.513 e. The van der Waals surface area contributed by atoms with E-state index in [0.717, 1.165) is 11.3 Å². The molecule has 0 bridgehead atoms. The van der Waals surface area contributed by atoms with Crippen molar-refractivity contribution in [1.29, 1.82) is 0 Å². The topological polar surface area (TPSA) is 85.4 Å². The Morgan fingerprint density at radius 1 is 1.60 bits per heavy atom. The lowest BCUT2D eigenvalue weighted by Crippen LogP contribution is -2.02. The molecule has 0 amide bonds. The number of aromatic nitrogens is 1. The zero-order chi connectivity index (χ0) is 11.0. The molecule has 7 heteroatoms. The molecule has 0 radical (unpaired) electrons. The second kappa shape index (κ2) is 3.35. The minimum Gasteiger partial charge on any atom is -0.449 e. The maximum absolute atomic E-state index is 13.2. The highest BCUT2D eigenvalue weighted by molar-refractivity contribution is 7.20. The number of nitrogen functional groups attached to an aromatic ring is 1. The number of hydrogen-bond acceptors (Lipinski definition) is 5. The van der Waals surface area contributed by atoms with Crippen molar-refractivity contribution in [1.82, 2.24) is 4.98 Å². The lowest BCUT2D eigenvalue weighted by molar-refractivity contribution is 0.144. The van der Waals surface area contributed by atoms with E-state index in [2.05, 4.69) is 9.72 Å². The summed E-state index contributed by atoms with van der Waals surface area (Å²) in [4.78, 5) is 14.0. The van der Waals surface area contributed by atoms with Crippen molar-refractivity contribution >= 4 is 33.4 Å². The number of benzene rings is 1. The lowest BCUT2D eigenvalue weighted by atomic mass is 10.3. The summed E-state index contributed by atoms with van der Waals surface area (Å²) in [6, 6.07) is 2.56. The number of thiazole rings is 1. The Bertz CT molecular complexity index is 501. The third-order valence-corrected chi connectivity index (χ3v) is 2.62. The average molecular weight is 228 g/mol. The zero-order valence-electron chi connectivity index (χ0n) is 7.23. The lowest BCUT2D eigenvalue weighted by Gasteiger charge is -1.93. The van der Waals surface area contributed by atoms with Gasteiger partial charge in [0.05, 0.1) is 10.4 Å². The molecule has 0 atom stereocenters. The van der Waals surface area contributed by atoms with Crippen LogP contribution in [0, 0.1) is 5.82 Å². The van der Waals surface area contributed by atoms with Gasteiger partial charge >= 0.3 is 6.16 Å². The van der Waals surface area contributed by atoms with Crippen LogP contribution in [0.2, 0.25) is 0 Å². The van der Waals surface area contributed by atoms with Crippen LogP contribution < -0.4 is 10.5 Å². The first-order chi connectivity index (χ1) is 7.08. The first-order valence-electron chi connectivity index (χ1n) is 3.83. The van der Waals surface area contributed by atoms with Crippen LogP contribution in [-0.2, 0) is 0 Å². The third-order valence-electron chi connectivity index (χ3n) is 1.68. The fourth-order valence-corrected chi connectivity index (χ4v) is 1.94. The normalized spacial score (nSPS) is 10.5. The highest BCUT2D eigenvalue weighted by Gasteiger charge is 2.13. The maximum atomic E-state index is 13.2. The number of fused-ring (bicyclic) bond motifs is 1. The van der Waals surface area contributed by atoms with Crippen LogP contribution in [-0.4, -0.2) is 16.2 Å². The van der Waals surface area contributed by atoms with Gasteiger partial charge in [-0.1, -0.05) is 11.3 Å². The average Bonchev–Trinajstić information content (AvgIpc) is 2.55. The van der Waals surface area contributed by atoms with Crippen molar-refractivity contribution in [3.8, 4) is 5.19 Å². The molecule has 15 heavy (non-hydrogen) atoms. The monoisotopic (exact) mass is 228 g/mol. The van der Waals surface area contributed by atoms with Gasteiger partial charge in [-0.2, -0.15) is 4.98 Å². The molecule has 0 spiro atoms. The summed E-state index contributed by atoms with van der Waals surface area (Å²) in [5.74, 6) is -0.503. The fraction of sp³-hybridized carbons (Fsp3) is 0. The van der Waals surface area contributed by atoms with Gasteiger partial charge in [0.2, 0.25) is 0 Å². The Balaban J connectivity index is 2.59. The molecule has 1 aromatic carbocycles. The predicted molar refractivity (Wildman–Crippen MR) is 52.6 cm³/mol. The van der Waals surface area contributed by atoms with Gasteiger partial charge in [-0.15, -0.1) is 0 Å². The third kappa shape index (κ3) is 1.68. The van der Waals surface area contributed by atoms with Crippen molar-refractivity contribution in [2.24, 2.45) is 0 Å². The van der Waals surface area contributed by atoms with E-state index in [1.54, 1.807) is 0 Å². The van der Waals surface area contributed by atoms with E-state index in [0.29, 0.717) is 0 Å². The van der Waals surface area contributed by atoms with E-state index in [1.165, 1.54) is 12.1 Å². The Kier molecular flexibility index (Phi) is 2.16. The summed E-state index contributed by atoms with van der Waals surface area (Å²) in [7, 11) is 0. The van der Waals surface area contributed by atoms with Crippen molar-refractivity contribution < 1.29 is 19.0 Å². The summed E-state index contributed by atoms with van der Waals surface area (Å²) < 4.78 is 17.7. The van der Waals surface area contributed by atoms with Crippen LogP contribution in [0.5, 0.6) is 5.19 Å². The number of anilines is 1. The number of carboxylic acid groups (broad SMARTS) is 1. The zero-order valence-corrected chi connectivity index (χ0v) is 8.05. The molecule has 0 saturated heterocycles. The Hall–Kier alpha value is -1.89. The van der Waals surface area contributed by atoms with E-state index in [1.807, 2.05) is 0 Å². The summed E-state index contributed by atoms with van der Waals surface area (Å²) in [6.07, 6.45) is -1.49. The number of ether oxygens (including phenoxy) is 1. The van der Waals surface area contributed by atoms with Gasteiger partial charge in [0.1, 0.15) is 11.3 Å². The van der Waals surface area contributed by atoms with Crippen LogP contribution in [0.15, 0.2) is 12.1 Å². The van der Waals surface area contributed by atoms with Gasteiger partial charge in [-0.25, -0.2) is 9.18 Å². The molecule has 1 aromatic heterocycles. The van der Waals surface area contributed by atoms with E-state index in [4.69, 9.17) is 10.8 Å². The van der Waals surface area contributed by atoms with Crippen LogP contribution in [0.1, 0.15) is 0 Å². The van der Waals surface area contributed by atoms with Crippen molar-refractivity contribution in [3.05, 3.63) is 17.9 Å². The molecule has 2 aromatic rings. The first-order valence-corrected chi connectivity index (χ1v) is 4.65. The van der Waals surface area contributed by atoms with Crippen molar-refractivity contribution in [2.45, 2.75) is 0 Å². The molecule has 1 heterocycles. The standard InChI is InChI=1S/C8H5FN2O3S/c9-3-1-2-4(10)5-6(3)15-7(11-5)14-8(12)13/h1-2H,10H2,(H,12,13). The van der Waals surface area contributed by atoms with Gasteiger partial charge in [-0.3, -0.25) is 0 Å². The van der Waals surface area contributed by atoms with Gasteiger partial charge < -0.3 is 15.6 Å². The molecule has 5 nitrogen and oxygen atoms in total. The molecule has 0 unspecified atom stereocenters. The summed E-state index contributed by atoms with van der Waals surface area (Å²) in [5.41, 5.74) is 6.04. The van der Waals surface area contributed by atoms with E-state index < -0.39 is 12.0 Å².